The molecule has 0 aromatic heterocycles. The van der Waals surface area contributed by atoms with E-state index in [1.807, 2.05) is 0 Å². The third-order valence-corrected chi connectivity index (χ3v) is 7.83. The van der Waals surface area contributed by atoms with Gasteiger partial charge in [-0.15, -0.1) is 0 Å². The molecule has 0 bridgehead atoms. The summed E-state index contributed by atoms with van der Waals surface area (Å²) in [7, 11) is 0. The number of benzene rings is 5. The minimum atomic E-state index is -2.00. The molecule has 0 atom stereocenters. The second-order valence-electron chi connectivity index (χ2n) is 10.3. The normalized spacial score (nSPS) is 10.8. The highest BCUT2D eigenvalue weighted by Crippen LogP contribution is 2.28. The van der Waals surface area contributed by atoms with Gasteiger partial charge in [-0.05, 0) is 24.3 Å². The van der Waals surface area contributed by atoms with E-state index in [2.05, 4.69) is 15.9 Å². The molecule has 5 rings (SSSR count). The number of nitrogens with zero attached hydrogens (tertiary/aromatic N) is 1. The molecule has 0 aliphatic carbocycles. The number of amides is 2. The van der Waals surface area contributed by atoms with Crippen molar-refractivity contribution in [2.24, 2.45) is 11.8 Å². The lowest BCUT2D eigenvalue weighted by Gasteiger charge is -2.28. The molecular formula is C38H26BrNO6. The minimum absolute atomic E-state index is 0.0309. The van der Waals surface area contributed by atoms with Crippen molar-refractivity contribution in [3.63, 3.8) is 0 Å². The lowest BCUT2D eigenvalue weighted by molar-refractivity contribution is -0.127. The van der Waals surface area contributed by atoms with Crippen molar-refractivity contribution < 1.29 is 28.8 Å². The van der Waals surface area contributed by atoms with Gasteiger partial charge in [0.25, 0.3) is 11.8 Å². The summed E-state index contributed by atoms with van der Waals surface area (Å²) in [6, 6.07) is 37.1. The van der Waals surface area contributed by atoms with Gasteiger partial charge in [-0.2, -0.15) is 0 Å². The number of imide groups is 1. The van der Waals surface area contributed by atoms with E-state index in [4.69, 9.17) is 0 Å². The molecule has 0 N–H and O–H groups in total. The Bertz CT molecular complexity index is 1670. The van der Waals surface area contributed by atoms with Crippen molar-refractivity contribution in [1.29, 1.82) is 0 Å². The third-order valence-electron chi connectivity index (χ3n) is 7.30. The minimum Gasteiger partial charge on any atom is -0.293 e. The van der Waals surface area contributed by atoms with Crippen LogP contribution in [-0.4, -0.2) is 34.9 Å². The topological polar surface area (TPSA) is 106 Å². The van der Waals surface area contributed by atoms with E-state index >= 15 is 0 Å². The van der Waals surface area contributed by atoms with Crippen LogP contribution in [0.1, 0.15) is 41.4 Å². The molecule has 2 amide bonds. The molecule has 0 fully saturated rings. The quantitative estimate of drug-likeness (QED) is 0.110. The van der Waals surface area contributed by atoms with Crippen molar-refractivity contribution in [2.45, 2.75) is 0 Å². The van der Waals surface area contributed by atoms with Crippen LogP contribution in [0.3, 0.4) is 0 Å². The molecule has 0 unspecified atom stereocenters. The second-order valence-corrected chi connectivity index (χ2v) is 11.2. The molecule has 0 aliphatic rings. The summed E-state index contributed by atoms with van der Waals surface area (Å²) in [5, 5.41) is 0. The first-order chi connectivity index (χ1) is 22.3. The van der Waals surface area contributed by atoms with Gasteiger partial charge in [-0.1, -0.05) is 137 Å². The molecule has 0 radical (unpaired) electrons. The highest BCUT2D eigenvalue weighted by atomic mass is 79.9. The molecule has 0 spiro atoms. The first kappa shape index (κ1) is 31.8. The molecule has 7 nitrogen and oxygen atoms in total. The fourth-order valence-electron chi connectivity index (χ4n) is 4.97. The zero-order valence-corrected chi connectivity index (χ0v) is 25.9. The lowest BCUT2D eigenvalue weighted by atomic mass is 9.86. The fraction of sp³-hybridized carbons (Fsp3) is 0.0526. The predicted molar refractivity (Wildman–Crippen MR) is 177 cm³/mol. The van der Waals surface area contributed by atoms with Crippen molar-refractivity contribution in [1.82, 2.24) is 0 Å². The molecule has 5 aromatic carbocycles. The SMILES string of the molecule is O=C(c1ccccc1)C(C(=O)c1ccccc1)C(=O)N(C(=O)C(C(=O)c1ccccc1)C(=O)c1ccccc1)c1ccc(Br)cc1. The van der Waals surface area contributed by atoms with Crippen LogP contribution in [0.2, 0.25) is 0 Å². The van der Waals surface area contributed by atoms with Gasteiger partial charge in [0.15, 0.2) is 35.0 Å². The average Bonchev–Trinajstić information content (AvgIpc) is 3.10. The summed E-state index contributed by atoms with van der Waals surface area (Å²) >= 11 is 3.34. The first-order valence-electron chi connectivity index (χ1n) is 14.3. The van der Waals surface area contributed by atoms with Crippen LogP contribution in [0.15, 0.2) is 150 Å². The summed E-state index contributed by atoms with van der Waals surface area (Å²) in [4.78, 5) is 85.8. The van der Waals surface area contributed by atoms with Crippen molar-refractivity contribution >= 4 is 56.6 Å². The van der Waals surface area contributed by atoms with Gasteiger partial charge >= 0.3 is 0 Å². The number of carbonyl (C=O) groups is 6. The Morgan fingerprint density at radius 2 is 0.652 bits per heavy atom. The van der Waals surface area contributed by atoms with E-state index in [1.165, 1.54) is 60.7 Å². The molecule has 5 aromatic rings. The first-order valence-corrected chi connectivity index (χ1v) is 15.1. The van der Waals surface area contributed by atoms with Crippen molar-refractivity contribution in [2.75, 3.05) is 4.90 Å². The maximum absolute atomic E-state index is 14.7. The Morgan fingerprint density at radius 3 is 0.913 bits per heavy atom. The van der Waals surface area contributed by atoms with E-state index in [0.717, 1.165) is 0 Å². The predicted octanol–water partition coefficient (Wildman–Crippen LogP) is 7.07. The summed E-state index contributed by atoms with van der Waals surface area (Å²) in [6.07, 6.45) is 0. The van der Waals surface area contributed by atoms with Gasteiger partial charge in [0, 0.05) is 26.7 Å². The monoisotopic (exact) mass is 671 g/mol. The molecule has 8 heteroatoms. The standard InChI is InChI=1S/C38H26BrNO6/c39-29-21-23-30(24-22-29)40(37(45)31(33(41)25-13-5-1-6-14-25)34(42)26-15-7-2-8-16-26)38(46)32(35(43)27-17-9-3-10-18-27)36(44)28-19-11-4-12-20-28/h1-24,31-32H. The van der Waals surface area contributed by atoms with Gasteiger partial charge in [-0.25, -0.2) is 4.90 Å². The fourth-order valence-corrected chi connectivity index (χ4v) is 5.24. The van der Waals surface area contributed by atoms with E-state index in [0.29, 0.717) is 9.37 Å². The highest BCUT2D eigenvalue weighted by molar-refractivity contribution is 9.10. The summed E-state index contributed by atoms with van der Waals surface area (Å²) in [6.45, 7) is 0. The molecule has 46 heavy (non-hydrogen) atoms. The molecule has 0 heterocycles. The number of carbonyl (C=O) groups excluding carboxylic acids is 6. The number of Topliss-reactive ketones (excluding diaryl/α,β-unsaturated/α-hetero) is 4. The van der Waals surface area contributed by atoms with Gasteiger partial charge in [0.05, 0.1) is 5.69 Å². The van der Waals surface area contributed by atoms with Crippen LogP contribution in [0.4, 0.5) is 5.69 Å². The van der Waals surface area contributed by atoms with Crippen molar-refractivity contribution in [3.05, 3.63) is 172 Å². The lowest BCUT2D eigenvalue weighted by Crippen LogP contribution is -2.51. The number of hydrogen-bond donors (Lipinski definition) is 0. The third kappa shape index (κ3) is 6.87. The maximum Gasteiger partial charge on any atom is 0.252 e. The maximum atomic E-state index is 14.7. The number of halogens is 1. The molecular weight excluding hydrogens is 646 g/mol. The highest BCUT2D eigenvalue weighted by Gasteiger charge is 2.46. The van der Waals surface area contributed by atoms with Crippen LogP contribution in [0.5, 0.6) is 0 Å². The molecule has 226 valence electrons. The largest absolute Gasteiger partial charge is 0.293 e. The van der Waals surface area contributed by atoms with E-state index in [9.17, 15) is 28.8 Å². The van der Waals surface area contributed by atoms with E-state index < -0.39 is 46.8 Å². The van der Waals surface area contributed by atoms with Crippen molar-refractivity contribution in [3.8, 4) is 0 Å². The number of anilines is 1. The van der Waals surface area contributed by atoms with E-state index in [-0.39, 0.29) is 27.9 Å². The van der Waals surface area contributed by atoms with E-state index in [1.54, 1.807) is 84.9 Å². The Hall–Kier alpha value is -5.60. The Morgan fingerprint density at radius 1 is 0.391 bits per heavy atom. The Labute approximate surface area is 273 Å². The van der Waals surface area contributed by atoms with Gasteiger partial charge in [0.2, 0.25) is 0 Å². The zero-order valence-electron chi connectivity index (χ0n) is 24.3. The number of ketones is 4. The van der Waals surface area contributed by atoms with Crippen LogP contribution in [0, 0.1) is 11.8 Å². The van der Waals surface area contributed by atoms with Gasteiger partial charge < -0.3 is 0 Å². The molecule has 0 aliphatic heterocycles. The molecule has 0 saturated carbocycles. The number of hydrogen-bond acceptors (Lipinski definition) is 6. The zero-order chi connectivity index (χ0) is 32.6. The van der Waals surface area contributed by atoms with Crippen LogP contribution >= 0.6 is 15.9 Å². The Balaban J connectivity index is 1.68. The van der Waals surface area contributed by atoms with Gasteiger partial charge in [0.1, 0.15) is 0 Å². The van der Waals surface area contributed by atoms with Gasteiger partial charge in [-0.3, -0.25) is 28.8 Å². The average molecular weight is 673 g/mol. The summed E-state index contributed by atoms with van der Waals surface area (Å²) in [5.74, 6) is -9.74. The second kappa shape index (κ2) is 14.5. The van der Waals surface area contributed by atoms with Crippen LogP contribution in [0.25, 0.3) is 0 Å². The smallest absolute Gasteiger partial charge is 0.252 e. The van der Waals surface area contributed by atoms with Crippen LogP contribution < -0.4 is 4.90 Å². The summed E-state index contributed by atoms with van der Waals surface area (Å²) in [5.41, 5.74) is 0.268. The van der Waals surface area contributed by atoms with Crippen LogP contribution in [-0.2, 0) is 9.59 Å². The molecule has 0 saturated heterocycles. The summed E-state index contributed by atoms with van der Waals surface area (Å²) < 4.78 is 0.616. The number of rotatable bonds is 11. The Kier molecular flexibility index (Phi) is 10.00.